The second kappa shape index (κ2) is 6.97. The molecule has 0 aromatic carbocycles. The van der Waals surface area contributed by atoms with Crippen molar-refractivity contribution in [3.05, 3.63) is 29.6 Å². The molecule has 0 unspecified atom stereocenters. The predicted octanol–water partition coefficient (Wildman–Crippen LogP) is 3.51. The molecule has 2 aromatic heterocycles. The fourth-order valence-corrected chi connectivity index (χ4v) is 3.69. The van der Waals surface area contributed by atoms with Gasteiger partial charge in [-0.2, -0.15) is 18.3 Å². The van der Waals surface area contributed by atoms with Crippen molar-refractivity contribution < 1.29 is 27.1 Å². The first-order chi connectivity index (χ1) is 13.7. The predicted molar refractivity (Wildman–Crippen MR) is 95.0 cm³/mol. The number of ether oxygens (including phenoxy) is 1. The molecule has 2 N–H and O–H groups in total. The number of pyridine rings is 1. The number of hydrogen-bond acceptors (Lipinski definition) is 5. The number of carbonyl (C=O) groups is 1. The van der Waals surface area contributed by atoms with Crippen molar-refractivity contribution in [1.29, 1.82) is 0 Å². The van der Waals surface area contributed by atoms with E-state index in [9.17, 15) is 18.0 Å². The van der Waals surface area contributed by atoms with Gasteiger partial charge in [0.15, 0.2) is 0 Å². The van der Waals surface area contributed by atoms with Crippen molar-refractivity contribution in [1.82, 2.24) is 20.1 Å². The minimum absolute atomic E-state index is 0.0176. The molecule has 0 saturated carbocycles. The molecule has 0 radical (unpaired) electrons. The van der Waals surface area contributed by atoms with Gasteiger partial charge in [0.25, 0.3) is 0 Å². The SMILES string of the molecule is Cc1cc(-c2ccnc3c2[C@H](C(F)(F)F)OC(=O)N3)nn1CC1(F)CCNCC1. The Hall–Kier alpha value is -2.69. The standard InChI is InChI=1S/C18H19F4N5O2/c1-10-8-12(26-27(10)9-17(19)3-6-23-7-4-17)11-2-5-24-15-13(11)14(18(20,21)22)29-16(28)25-15/h2,5,8,14,23H,3-4,6-7,9H2,1H3,(H,24,25,28)/t14-/m1/s1. The molecule has 7 nitrogen and oxygen atoms in total. The summed E-state index contributed by atoms with van der Waals surface area (Å²) in [6, 6.07) is 2.96. The van der Waals surface area contributed by atoms with E-state index in [-0.39, 0.29) is 29.2 Å². The number of amides is 1. The largest absolute Gasteiger partial charge is 0.431 e. The van der Waals surface area contributed by atoms with E-state index in [2.05, 4.69) is 25.5 Å². The third-order valence-electron chi connectivity index (χ3n) is 5.18. The summed E-state index contributed by atoms with van der Waals surface area (Å²) in [6.07, 6.45) is -6.55. The summed E-state index contributed by atoms with van der Waals surface area (Å²) < 4.78 is 61.6. The van der Waals surface area contributed by atoms with E-state index in [1.807, 2.05) is 0 Å². The summed E-state index contributed by atoms with van der Waals surface area (Å²) in [4.78, 5) is 15.3. The third-order valence-corrected chi connectivity index (χ3v) is 5.18. The first-order valence-electron chi connectivity index (χ1n) is 9.14. The van der Waals surface area contributed by atoms with Gasteiger partial charge in [0.2, 0.25) is 6.10 Å². The summed E-state index contributed by atoms with van der Waals surface area (Å²) in [5.41, 5.74) is -0.778. The van der Waals surface area contributed by atoms with Crippen LogP contribution in [-0.2, 0) is 11.3 Å². The molecule has 2 aliphatic rings. The van der Waals surface area contributed by atoms with Crippen LogP contribution in [0.25, 0.3) is 11.3 Å². The molecule has 0 spiro atoms. The highest BCUT2D eigenvalue weighted by atomic mass is 19.4. The summed E-state index contributed by atoms with van der Waals surface area (Å²) in [5.74, 6) is -0.228. The quantitative estimate of drug-likeness (QED) is 0.753. The van der Waals surface area contributed by atoms with Crippen molar-refractivity contribution in [3.8, 4) is 11.3 Å². The van der Waals surface area contributed by atoms with E-state index in [0.29, 0.717) is 31.6 Å². The minimum Gasteiger partial charge on any atom is -0.431 e. The monoisotopic (exact) mass is 413 g/mol. The van der Waals surface area contributed by atoms with E-state index in [4.69, 9.17) is 0 Å². The fraction of sp³-hybridized carbons (Fsp3) is 0.500. The number of nitrogens with zero attached hydrogens (tertiary/aromatic N) is 3. The van der Waals surface area contributed by atoms with Crippen molar-refractivity contribution in [2.75, 3.05) is 18.4 Å². The molecule has 4 heterocycles. The number of aryl methyl sites for hydroxylation is 1. The average Bonchev–Trinajstić information content (AvgIpc) is 3.00. The van der Waals surface area contributed by atoms with Crippen LogP contribution in [0.1, 0.15) is 30.2 Å². The highest BCUT2D eigenvalue weighted by molar-refractivity contribution is 5.89. The molecule has 1 atom stereocenters. The Kier molecular flexibility index (Phi) is 4.72. The highest BCUT2D eigenvalue weighted by Crippen LogP contribution is 2.45. The molecule has 0 bridgehead atoms. The number of nitrogens with one attached hydrogen (secondary N) is 2. The van der Waals surface area contributed by atoms with Crippen LogP contribution >= 0.6 is 0 Å². The zero-order valence-electron chi connectivity index (χ0n) is 15.5. The Balaban J connectivity index is 1.73. The molecular formula is C18H19F4N5O2. The molecule has 1 fully saturated rings. The van der Waals surface area contributed by atoms with E-state index in [1.165, 1.54) is 16.9 Å². The van der Waals surface area contributed by atoms with Gasteiger partial charge in [-0.15, -0.1) is 0 Å². The summed E-state index contributed by atoms with van der Waals surface area (Å²) in [5, 5.41) is 9.64. The lowest BCUT2D eigenvalue weighted by molar-refractivity contribution is -0.206. The molecule has 1 amide bonds. The number of halogens is 4. The minimum atomic E-state index is -4.82. The van der Waals surface area contributed by atoms with Crippen LogP contribution in [0.15, 0.2) is 18.3 Å². The normalized spacial score (nSPS) is 21.3. The summed E-state index contributed by atoms with van der Waals surface area (Å²) >= 11 is 0. The topological polar surface area (TPSA) is 81.1 Å². The Morgan fingerprint density at radius 2 is 2.07 bits per heavy atom. The Morgan fingerprint density at radius 1 is 1.34 bits per heavy atom. The number of fused-ring (bicyclic) bond motifs is 1. The lowest BCUT2D eigenvalue weighted by Crippen LogP contribution is -2.41. The number of rotatable bonds is 3. The highest BCUT2D eigenvalue weighted by Gasteiger charge is 2.49. The molecule has 0 aliphatic carbocycles. The van der Waals surface area contributed by atoms with Gasteiger partial charge in [0.05, 0.1) is 17.8 Å². The summed E-state index contributed by atoms with van der Waals surface area (Å²) in [6.45, 7) is 2.86. The van der Waals surface area contributed by atoms with Crippen LogP contribution in [0, 0.1) is 6.92 Å². The van der Waals surface area contributed by atoms with Gasteiger partial charge in [-0.1, -0.05) is 0 Å². The zero-order valence-corrected chi connectivity index (χ0v) is 15.5. The molecule has 156 valence electrons. The van der Waals surface area contributed by atoms with Crippen LogP contribution in [0.2, 0.25) is 0 Å². The molecule has 2 aromatic rings. The summed E-state index contributed by atoms with van der Waals surface area (Å²) in [7, 11) is 0. The van der Waals surface area contributed by atoms with Crippen molar-refractivity contribution in [2.24, 2.45) is 0 Å². The first-order valence-corrected chi connectivity index (χ1v) is 9.14. The van der Waals surface area contributed by atoms with Crippen LogP contribution in [0.3, 0.4) is 0 Å². The van der Waals surface area contributed by atoms with E-state index >= 15 is 4.39 Å². The number of carbonyl (C=O) groups excluding carboxylic acids is 1. The Bertz CT molecular complexity index is 937. The van der Waals surface area contributed by atoms with Gasteiger partial charge < -0.3 is 10.1 Å². The van der Waals surface area contributed by atoms with Gasteiger partial charge in [-0.3, -0.25) is 10.00 Å². The maximum absolute atomic E-state index is 15.1. The molecule has 11 heteroatoms. The van der Waals surface area contributed by atoms with E-state index in [1.54, 1.807) is 13.0 Å². The van der Waals surface area contributed by atoms with Crippen molar-refractivity contribution in [3.63, 3.8) is 0 Å². The van der Waals surface area contributed by atoms with Gasteiger partial charge in [0.1, 0.15) is 11.5 Å². The molecular weight excluding hydrogens is 394 g/mol. The number of alkyl halides is 4. The van der Waals surface area contributed by atoms with Gasteiger partial charge in [-0.25, -0.2) is 14.2 Å². The third kappa shape index (κ3) is 3.78. The number of aromatic nitrogens is 3. The van der Waals surface area contributed by atoms with Gasteiger partial charge >= 0.3 is 12.3 Å². The second-order valence-electron chi connectivity index (χ2n) is 7.30. The lowest BCUT2D eigenvalue weighted by atomic mass is 9.94. The van der Waals surface area contributed by atoms with Crippen LogP contribution < -0.4 is 10.6 Å². The maximum atomic E-state index is 15.1. The second-order valence-corrected chi connectivity index (χ2v) is 7.30. The first kappa shape index (κ1) is 19.6. The van der Waals surface area contributed by atoms with Gasteiger partial charge in [0, 0.05) is 17.5 Å². The van der Waals surface area contributed by atoms with Crippen LogP contribution in [0.4, 0.5) is 28.2 Å². The van der Waals surface area contributed by atoms with Crippen LogP contribution in [0.5, 0.6) is 0 Å². The smallest absolute Gasteiger partial charge is 0.430 e. The van der Waals surface area contributed by atoms with E-state index in [0.717, 1.165) is 0 Å². The number of hydrogen-bond donors (Lipinski definition) is 2. The van der Waals surface area contributed by atoms with Crippen molar-refractivity contribution >= 4 is 11.9 Å². The molecule has 29 heavy (non-hydrogen) atoms. The number of piperidine rings is 1. The number of anilines is 1. The molecule has 4 rings (SSSR count). The number of cyclic esters (lactones) is 1. The van der Waals surface area contributed by atoms with Crippen molar-refractivity contribution in [2.45, 2.75) is 44.3 Å². The van der Waals surface area contributed by atoms with Crippen LogP contribution in [-0.4, -0.2) is 45.8 Å². The average molecular weight is 413 g/mol. The van der Waals surface area contributed by atoms with E-state index < -0.39 is 24.0 Å². The fourth-order valence-electron chi connectivity index (χ4n) is 3.69. The Labute approximate surface area is 163 Å². The zero-order chi connectivity index (χ0) is 20.8. The maximum Gasteiger partial charge on any atom is 0.430 e. The Morgan fingerprint density at radius 3 is 2.76 bits per heavy atom. The molecule has 1 saturated heterocycles. The van der Waals surface area contributed by atoms with Gasteiger partial charge in [-0.05, 0) is 45.0 Å². The lowest BCUT2D eigenvalue weighted by Gasteiger charge is -2.30. The molecule has 2 aliphatic heterocycles.